The van der Waals surface area contributed by atoms with E-state index in [1.807, 2.05) is 13.8 Å². The third-order valence-electron chi connectivity index (χ3n) is 2.35. The lowest BCUT2D eigenvalue weighted by Gasteiger charge is -2.20. The van der Waals surface area contributed by atoms with Crippen molar-refractivity contribution in [3.63, 3.8) is 0 Å². The average Bonchev–Trinajstić information content (AvgIpc) is 2.35. The number of aromatic nitrogens is 1. The van der Waals surface area contributed by atoms with Crippen LogP contribution in [-0.4, -0.2) is 42.1 Å². The van der Waals surface area contributed by atoms with Crippen molar-refractivity contribution in [2.75, 3.05) is 26.3 Å². The van der Waals surface area contributed by atoms with Crippen molar-refractivity contribution in [1.29, 1.82) is 0 Å². The zero-order valence-electron chi connectivity index (χ0n) is 10.1. The number of carbonyl (C=O) groups is 1. The number of likely N-dealkylation sites (N-methyl/N-ethyl adjacent to an activating group) is 1. The molecule has 0 N–H and O–H groups in total. The predicted molar refractivity (Wildman–Crippen MR) is 70.0 cm³/mol. The first-order valence-corrected chi connectivity index (χ1v) is 6.46. The number of hydrogen-bond acceptors (Lipinski definition) is 3. The van der Waals surface area contributed by atoms with Gasteiger partial charge < -0.3 is 9.64 Å². The minimum absolute atomic E-state index is 0.00722. The highest BCUT2D eigenvalue weighted by Crippen LogP contribution is 2.08. The highest BCUT2D eigenvalue weighted by Gasteiger charge is 2.13. The molecular weight excluding hydrogens is 284 g/mol. The lowest BCUT2D eigenvalue weighted by atomic mass is 10.2. The first kappa shape index (κ1) is 14.1. The van der Waals surface area contributed by atoms with Crippen LogP contribution in [0.1, 0.15) is 24.2 Å². The minimum atomic E-state index is -0.00722. The summed E-state index contributed by atoms with van der Waals surface area (Å²) in [5.41, 5.74) is 0.603. The Morgan fingerprint density at radius 3 is 2.76 bits per heavy atom. The van der Waals surface area contributed by atoms with Crippen molar-refractivity contribution in [3.05, 3.63) is 28.5 Å². The Morgan fingerprint density at radius 2 is 2.24 bits per heavy atom. The molecule has 1 aromatic heterocycles. The molecule has 0 atom stereocenters. The van der Waals surface area contributed by atoms with Gasteiger partial charge >= 0.3 is 0 Å². The molecule has 1 aromatic rings. The summed E-state index contributed by atoms with van der Waals surface area (Å²) < 4.78 is 5.98. The molecule has 0 fully saturated rings. The van der Waals surface area contributed by atoms with Crippen LogP contribution in [0.3, 0.4) is 0 Å². The van der Waals surface area contributed by atoms with Crippen LogP contribution in [0.5, 0.6) is 0 Å². The van der Waals surface area contributed by atoms with Gasteiger partial charge in [0, 0.05) is 25.9 Å². The summed E-state index contributed by atoms with van der Waals surface area (Å²) in [5, 5.41) is 0. The number of hydrogen-bond donors (Lipinski definition) is 0. The van der Waals surface area contributed by atoms with Gasteiger partial charge in [-0.3, -0.25) is 4.79 Å². The maximum atomic E-state index is 12.1. The van der Waals surface area contributed by atoms with E-state index in [1.54, 1.807) is 23.2 Å². The largest absolute Gasteiger partial charge is 0.380 e. The van der Waals surface area contributed by atoms with Gasteiger partial charge in [-0.1, -0.05) is 0 Å². The Labute approximate surface area is 110 Å². The van der Waals surface area contributed by atoms with E-state index in [0.717, 1.165) is 4.60 Å². The molecule has 0 aliphatic heterocycles. The van der Waals surface area contributed by atoms with Crippen molar-refractivity contribution in [1.82, 2.24) is 9.88 Å². The Morgan fingerprint density at radius 1 is 1.47 bits per heavy atom. The van der Waals surface area contributed by atoms with Gasteiger partial charge in [0.15, 0.2) is 0 Å². The van der Waals surface area contributed by atoms with Gasteiger partial charge in [0.05, 0.1) is 12.2 Å². The van der Waals surface area contributed by atoms with Crippen molar-refractivity contribution in [3.8, 4) is 0 Å². The van der Waals surface area contributed by atoms with Gasteiger partial charge in [-0.05, 0) is 41.9 Å². The van der Waals surface area contributed by atoms with Gasteiger partial charge in [0.1, 0.15) is 4.60 Å². The maximum Gasteiger partial charge on any atom is 0.255 e. The standard InChI is InChI=1S/C12H17BrN2O2/c1-3-15(7-8-17-4-2)12(16)10-5-6-11(13)14-9-10/h5-6,9H,3-4,7-8H2,1-2H3. The highest BCUT2D eigenvalue weighted by molar-refractivity contribution is 9.10. The first-order chi connectivity index (χ1) is 8.19. The lowest BCUT2D eigenvalue weighted by Crippen LogP contribution is -2.33. The van der Waals surface area contributed by atoms with Gasteiger partial charge in [0.25, 0.3) is 5.91 Å². The Bertz CT molecular complexity index is 354. The summed E-state index contributed by atoms with van der Waals surface area (Å²) in [7, 11) is 0. The molecule has 0 unspecified atom stereocenters. The van der Waals surface area contributed by atoms with Crippen molar-refractivity contribution in [2.24, 2.45) is 0 Å². The van der Waals surface area contributed by atoms with Gasteiger partial charge in [-0.15, -0.1) is 0 Å². The van der Waals surface area contributed by atoms with Gasteiger partial charge in [0.2, 0.25) is 0 Å². The zero-order valence-corrected chi connectivity index (χ0v) is 11.7. The third kappa shape index (κ3) is 4.44. The molecule has 1 heterocycles. The van der Waals surface area contributed by atoms with Crippen LogP contribution in [-0.2, 0) is 4.74 Å². The maximum absolute atomic E-state index is 12.1. The lowest BCUT2D eigenvalue weighted by molar-refractivity contribution is 0.0669. The fourth-order valence-corrected chi connectivity index (χ4v) is 1.64. The first-order valence-electron chi connectivity index (χ1n) is 5.67. The van der Waals surface area contributed by atoms with E-state index >= 15 is 0 Å². The van der Waals surface area contributed by atoms with Crippen molar-refractivity contribution in [2.45, 2.75) is 13.8 Å². The van der Waals surface area contributed by atoms with Crippen LogP contribution in [0, 0.1) is 0 Å². The molecule has 0 aromatic carbocycles. The fourth-order valence-electron chi connectivity index (χ4n) is 1.41. The third-order valence-corrected chi connectivity index (χ3v) is 2.82. The second-order valence-corrected chi connectivity index (χ2v) is 4.26. The molecule has 17 heavy (non-hydrogen) atoms. The van der Waals surface area contributed by atoms with Crippen molar-refractivity contribution < 1.29 is 9.53 Å². The molecule has 0 aliphatic rings. The Balaban J connectivity index is 2.62. The van der Waals surface area contributed by atoms with Gasteiger partial charge in [-0.25, -0.2) is 4.98 Å². The summed E-state index contributed by atoms with van der Waals surface area (Å²) in [4.78, 5) is 17.9. The molecule has 0 radical (unpaired) electrons. The molecule has 1 rings (SSSR count). The smallest absolute Gasteiger partial charge is 0.255 e. The van der Waals surface area contributed by atoms with E-state index in [1.165, 1.54) is 0 Å². The van der Waals surface area contributed by atoms with Crippen molar-refractivity contribution >= 4 is 21.8 Å². The van der Waals surface area contributed by atoms with Crippen LogP contribution >= 0.6 is 15.9 Å². The van der Waals surface area contributed by atoms with Gasteiger partial charge in [-0.2, -0.15) is 0 Å². The number of carbonyl (C=O) groups excluding carboxylic acids is 1. The topological polar surface area (TPSA) is 42.4 Å². The van der Waals surface area contributed by atoms with Crippen LogP contribution in [0.25, 0.3) is 0 Å². The molecule has 0 saturated heterocycles. The SMILES string of the molecule is CCOCCN(CC)C(=O)c1ccc(Br)nc1. The number of ether oxygens (including phenoxy) is 1. The summed E-state index contributed by atoms with van der Waals surface area (Å²) in [6.45, 7) is 6.42. The molecule has 0 bridgehead atoms. The van der Waals surface area contributed by atoms with E-state index in [0.29, 0.717) is 31.9 Å². The summed E-state index contributed by atoms with van der Waals surface area (Å²) in [6.07, 6.45) is 1.58. The second-order valence-electron chi connectivity index (χ2n) is 3.45. The van der Waals surface area contributed by atoms with Crippen LogP contribution < -0.4 is 0 Å². The second kappa shape index (κ2) is 7.40. The average molecular weight is 301 g/mol. The Kier molecular flexibility index (Phi) is 6.15. The molecule has 94 valence electrons. The molecule has 4 nitrogen and oxygen atoms in total. The van der Waals surface area contributed by atoms with Crippen LogP contribution in [0.2, 0.25) is 0 Å². The van der Waals surface area contributed by atoms with Crippen LogP contribution in [0.15, 0.2) is 22.9 Å². The van der Waals surface area contributed by atoms with E-state index in [4.69, 9.17) is 4.74 Å². The number of pyridine rings is 1. The Hall–Kier alpha value is -0.940. The molecule has 0 aliphatic carbocycles. The quantitative estimate of drug-likeness (QED) is 0.598. The fraction of sp³-hybridized carbons (Fsp3) is 0.500. The van der Waals surface area contributed by atoms with Crippen LogP contribution in [0.4, 0.5) is 0 Å². The molecule has 0 spiro atoms. The number of rotatable bonds is 6. The number of halogens is 1. The molecule has 1 amide bonds. The van der Waals surface area contributed by atoms with E-state index < -0.39 is 0 Å². The minimum Gasteiger partial charge on any atom is -0.380 e. The summed E-state index contributed by atoms with van der Waals surface area (Å²) in [6, 6.07) is 3.53. The molecule has 0 saturated carbocycles. The monoisotopic (exact) mass is 300 g/mol. The number of nitrogens with zero attached hydrogens (tertiary/aromatic N) is 2. The highest BCUT2D eigenvalue weighted by atomic mass is 79.9. The van der Waals surface area contributed by atoms with E-state index in [-0.39, 0.29) is 5.91 Å². The van der Waals surface area contributed by atoms with E-state index in [9.17, 15) is 4.79 Å². The predicted octanol–water partition coefficient (Wildman–Crippen LogP) is 2.34. The molecule has 5 heteroatoms. The summed E-state index contributed by atoms with van der Waals surface area (Å²) >= 11 is 3.24. The number of amides is 1. The summed E-state index contributed by atoms with van der Waals surface area (Å²) in [5.74, 6) is -0.00722. The zero-order chi connectivity index (χ0) is 12.7. The molecular formula is C12H17BrN2O2. The normalized spacial score (nSPS) is 10.3. The van der Waals surface area contributed by atoms with E-state index in [2.05, 4.69) is 20.9 Å².